The van der Waals surface area contributed by atoms with Crippen LogP contribution in [-0.4, -0.2) is 71.3 Å². The summed E-state index contributed by atoms with van der Waals surface area (Å²) in [7, 11) is 0. The number of aromatic nitrogens is 3. The van der Waals surface area contributed by atoms with E-state index < -0.39 is 23.8 Å². The summed E-state index contributed by atoms with van der Waals surface area (Å²) in [6, 6.07) is 6.13. The van der Waals surface area contributed by atoms with Crippen molar-refractivity contribution in [2.45, 2.75) is 52.2 Å². The number of ether oxygens (including phenoxy) is 1. The molecule has 3 aromatic rings. The van der Waals surface area contributed by atoms with Crippen molar-refractivity contribution in [1.82, 2.24) is 19.9 Å². The van der Waals surface area contributed by atoms with Crippen molar-refractivity contribution in [3.8, 4) is 0 Å². The summed E-state index contributed by atoms with van der Waals surface area (Å²) >= 11 is 0. The summed E-state index contributed by atoms with van der Waals surface area (Å²) in [4.78, 5) is 18.8. The molecule has 0 amide bonds. The average molecular weight is 530 g/mol. The third-order valence-corrected chi connectivity index (χ3v) is 7.26. The topological polar surface area (TPSA) is 78.4 Å². The molecule has 1 atom stereocenters. The standard InChI is InChI=1S/C27H34F3N7O/c1-15(2)36-8-10-37(11-9-36)22-12-21-25(31-16(3)19-6-5-7-20(23(19)28)24(29)30)32-17(4)33-26(21)35-27(22)34-18-13-38-14-18/h5-7,12,15-16,18,24H,8-11,13-14H2,1-4H3,(H2,31,32,33,34,35)/t16-/m1/s1. The quantitative estimate of drug-likeness (QED) is 0.426. The molecule has 0 saturated carbocycles. The SMILES string of the molecule is Cc1nc(N[C@H](C)c2cccc(C(F)F)c2F)c2cc(N3CCN(C(C)C)CC3)c(NC3COC3)nc2n1. The summed E-state index contributed by atoms with van der Waals surface area (Å²) in [6.45, 7) is 12.7. The molecule has 0 bridgehead atoms. The predicted octanol–water partition coefficient (Wildman–Crippen LogP) is 4.92. The molecule has 2 fully saturated rings. The molecule has 5 rings (SSSR count). The maximum absolute atomic E-state index is 14.9. The summed E-state index contributed by atoms with van der Waals surface area (Å²) in [5, 5.41) is 7.43. The highest BCUT2D eigenvalue weighted by molar-refractivity contribution is 5.92. The van der Waals surface area contributed by atoms with Gasteiger partial charge in [0.15, 0.2) is 11.5 Å². The van der Waals surface area contributed by atoms with Gasteiger partial charge in [0.25, 0.3) is 6.43 Å². The minimum absolute atomic E-state index is 0.147. The molecule has 0 unspecified atom stereocenters. The fourth-order valence-corrected chi connectivity index (χ4v) is 4.96. The van der Waals surface area contributed by atoms with Gasteiger partial charge in [0.05, 0.1) is 41.9 Å². The number of nitrogens with one attached hydrogen (secondary N) is 2. The van der Waals surface area contributed by atoms with Crippen molar-refractivity contribution < 1.29 is 17.9 Å². The fourth-order valence-electron chi connectivity index (χ4n) is 4.96. The van der Waals surface area contributed by atoms with Gasteiger partial charge >= 0.3 is 0 Å². The maximum Gasteiger partial charge on any atom is 0.266 e. The van der Waals surface area contributed by atoms with E-state index in [1.807, 2.05) is 6.07 Å². The molecule has 2 aliphatic heterocycles. The number of anilines is 3. The van der Waals surface area contributed by atoms with Crippen molar-refractivity contribution in [1.29, 1.82) is 0 Å². The maximum atomic E-state index is 14.9. The van der Waals surface area contributed by atoms with Crippen molar-refractivity contribution >= 4 is 28.4 Å². The van der Waals surface area contributed by atoms with Crippen molar-refractivity contribution in [2.75, 3.05) is 54.9 Å². The lowest BCUT2D eigenvalue weighted by Crippen LogP contribution is -2.49. The van der Waals surface area contributed by atoms with Crippen LogP contribution in [0.3, 0.4) is 0 Å². The second-order valence-electron chi connectivity index (χ2n) is 10.3. The van der Waals surface area contributed by atoms with E-state index in [-0.39, 0.29) is 11.6 Å². The number of hydrogen-bond acceptors (Lipinski definition) is 8. The monoisotopic (exact) mass is 529 g/mol. The zero-order valence-corrected chi connectivity index (χ0v) is 22.1. The summed E-state index contributed by atoms with van der Waals surface area (Å²) < 4.78 is 46.8. The van der Waals surface area contributed by atoms with Gasteiger partial charge in [-0.2, -0.15) is 0 Å². The summed E-state index contributed by atoms with van der Waals surface area (Å²) in [6.07, 6.45) is -2.89. The van der Waals surface area contributed by atoms with E-state index in [9.17, 15) is 13.2 Å². The number of halogens is 3. The predicted molar refractivity (Wildman–Crippen MR) is 143 cm³/mol. The molecule has 4 heterocycles. The normalized spacial score (nSPS) is 17.8. The van der Waals surface area contributed by atoms with Crippen molar-refractivity contribution in [3.63, 3.8) is 0 Å². The Kier molecular flexibility index (Phi) is 7.58. The van der Waals surface area contributed by atoms with Crippen LogP contribution in [-0.2, 0) is 4.74 Å². The molecule has 8 nitrogen and oxygen atoms in total. The van der Waals surface area contributed by atoms with Gasteiger partial charge < -0.3 is 20.3 Å². The first-order valence-electron chi connectivity index (χ1n) is 13.1. The number of piperazine rings is 1. The van der Waals surface area contributed by atoms with Gasteiger partial charge in [-0.15, -0.1) is 0 Å². The smallest absolute Gasteiger partial charge is 0.266 e. The molecule has 204 valence electrons. The lowest BCUT2D eigenvalue weighted by Gasteiger charge is -2.39. The van der Waals surface area contributed by atoms with Crippen LogP contribution in [0.1, 0.15) is 50.2 Å². The Labute approximate surface area is 220 Å². The first-order chi connectivity index (χ1) is 18.2. The Morgan fingerprint density at radius 3 is 2.32 bits per heavy atom. The Hall–Kier alpha value is -3.18. The van der Waals surface area contributed by atoms with Gasteiger partial charge in [-0.25, -0.2) is 28.1 Å². The van der Waals surface area contributed by atoms with Gasteiger partial charge in [0, 0.05) is 37.8 Å². The highest BCUT2D eigenvalue weighted by Crippen LogP contribution is 2.35. The second kappa shape index (κ2) is 10.9. The van der Waals surface area contributed by atoms with Gasteiger partial charge in [-0.3, -0.25) is 4.90 Å². The highest BCUT2D eigenvalue weighted by atomic mass is 19.3. The number of pyridine rings is 1. The van der Waals surface area contributed by atoms with Crippen LogP contribution in [0.4, 0.5) is 30.5 Å². The van der Waals surface area contributed by atoms with Crippen LogP contribution < -0.4 is 15.5 Å². The molecular weight excluding hydrogens is 495 g/mol. The van der Waals surface area contributed by atoms with Crippen LogP contribution in [0, 0.1) is 12.7 Å². The lowest BCUT2D eigenvalue weighted by molar-refractivity contribution is 0.0210. The second-order valence-corrected chi connectivity index (χ2v) is 10.3. The molecule has 0 spiro atoms. The van der Waals surface area contributed by atoms with E-state index in [4.69, 9.17) is 9.72 Å². The van der Waals surface area contributed by atoms with E-state index in [0.29, 0.717) is 41.9 Å². The van der Waals surface area contributed by atoms with Gasteiger partial charge in [-0.1, -0.05) is 18.2 Å². The van der Waals surface area contributed by atoms with Gasteiger partial charge in [-0.05, 0) is 33.8 Å². The molecule has 2 saturated heterocycles. The van der Waals surface area contributed by atoms with Crippen molar-refractivity contribution in [3.05, 3.63) is 47.0 Å². The third kappa shape index (κ3) is 5.35. The zero-order valence-electron chi connectivity index (χ0n) is 22.1. The van der Waals surface area contributed by atoms with Crippen LogP contribution in [0.2, 0.25) is 0 Å². The van der Waals surface area contributed by atoms with Crippen LogP contribution >= 0.6 is 0 Å². The number of aryl methyl sites for hydroxylation is 1. The average Bonchev–Trinajstić information content (AvgIpc) is 2.85. The Morgan fingerprint density at radius 2 is 1.68 bits per heavy atom. The number of nitrogens with zero attached hydrogens (tertiary/aromatic N) is 5. The number of rotatable bonds is 8. The molecule has 1 aromatic carbocycles. The zero-order chi connectivity index (χ0) is 27.0. The Bertz CT molecular complexity index is 1290. The minimum Gasteiger partial charge on any atom is -0.377 e. The molecule has 38 heavy (non-hydrogen) atoms. The fraction of sp³-hybridized carbons (Fsp3) is 0.519. The number of hydrogen-bond donors (Lipinski definition) is 2. The van der Waals surface area contributed by atoms with Crippen LogP contribution in [0.25, 0.3) is 11.0 Å². The van der Waals surface area contributed by atoms with Crippen LogP contribution in [0.5, 0.6) is 0 Å². The van der Waals surface area contributed by atoms with Crippen LogP contribution in [0.15, 0.2) is 24.3 Å². The lowest BCUT2D eigenvalue weighted by atomic mass is 10.0. The molecule has 0 radical (unpaired) electrons. The van der Waals surface area contributed by atoms with E-state index in [1.165, 1.54) is 12.1 Å². The summed E-state index contributed by atoms with van der Waals surface area (Å²) in [5.41, 5.74) is 0.983. The highest BCUT2D eigenvalue weighted by Gasteiger charge is 2.27. The molecule has 0 aliphatic carbocycles. The number of fused-ring (bicyclic) bond motifs is 1. The molecular formula is C27H34F3N7O. The third-order valence-electron chi connectivity index (χ3n) is 7.26. The van der Waals surface area contributed by atoms with Crippen molar-refractivity contribution in [2.24, 2.45) is 0 Å². The molecule has 2 aromatic heterocycles. The first kappa shape index (κ1) is 26.4. The molecule has 11 heteroatoms. The van der Waals surface area contributed by atoms with Gasteiger partial charge in [0.2, 0.25) is 0 Å². The molecule has 2 N–H and O–H groups in total. The van der Waals surface area contributed by atoms with E-state index in [1.54, 1.807) is 13.8 Å². The van der Waals surface area contributed by atoms with E-state index in [0.717, 1.165) is 43.8 Å². The minimum atomic E-state index is -2.89. The number of benzene rings is 1. The Balaban J connectivity index is 1.52. The van der Waals surface area contributed by atoms with E-state index >= 15 is 0 Å². The summed E-state index contributed by atoms with van der Waals surface area (Å²) in [5.74, 6) is 0.817. The van der Waals surface area contributed by atoms with Gasteiger partial charge in [0.1, 0.15) is 17.5 Å². The Morgan fingerprint density at radius 1 is 0.974 bits per heavy atom. The molecule has 2 aliphatic rings. The largest absolute Gasteiger partial charge is 0.377 e. The number of alkyl halides is 2. The first-order valence-corrected chi connectivity index (χ1v) is 13.1. The van der Waals surface area contributed by atoms with E-state index in [2.05, 4.69) is 44.2 Å².